The topological polar surface area (TPSA) is 16.1 Å². The van der Waals surface area contributed by atoms with Crippen molar-refractivity contribution >= 4 is 28.2 Å². The number of nitrogens with zero attached hydrogens (tertiary/aromatic N) is 2. The van der Waals surface area contributed by atoms with Crippen LogP contribution in [0.5, 0.6) is 0 Å². The number of aromatic nitrogens is 1. The number of rotatable bonds is 3. The molecule has 0 spiro atoms. The van der Waals surface area contributed by atoms with Crippen LogP contribution in [-0.2, 0) is 0 Å². The summed E-state index contributed by atoms with van der Waals surface area (Å²) in [7, 11) is 0. The molecule has 0 bridgehead atoms. The van der Waals surface area contributed by atoms with Crippen molar-refractivity contribution in [3.05, 3.63) is 35.7 Å². The molecule has 2 aromatic rings. The van der Waals surface area contributed by atoms with Crippen molar-refractivity contribution in [1.82, 2.24) is 4.98 Å². The van der Waals surface area contributed by atoms with Crippen LogP contribution in [0.4, 0.5) is 14.5 Å². The molecule has 1 aromatic carbocycles. The number of hydrogen-bond acceptors (Lipinski definition) is 3. The summed E-state index contributed by atoms with van der Waals surface area (Å²) in [6.45, 7) is 3.46. The highest BCUT2D eigenvalue weighted by Crippen LogP contribution is 2.36. The van der Waals surface area contributed by atoms with Gasteiger partial charge in [0, 0.05) is 47.7 Å². The third-order valence-electron chi connectivity index (χ3n) is 3.71. The number of benzene rings is 1. The van der Waals surface area contributed by atoms with Crippen molar-refractivity contribution < 1.29 is 8.78 Å². The second-order valence-electron chi connectivity index (χ2n) is 5.29. The maximum atomic E-state index is 14.2. The standard InChI is InChI=1S/C15H16F2N2S/c1-9-3-11-12(5-18-9)15(14(17)4-13(11)16)19-6-10(7-19)8-20-2/h3-5,10H,6-8H2,1-2H3. The number of pyridine rings is 1. The van der Waals surface area contributed by atoms with E-state index in [0.29, 0.717) is 22.4 Å². The van der Waals surface area contributed by atoms with Gasteiger partial charge in [-0.05, 0) is 25.0 Å². The lowest BCUT2D eigenvalue weighted by molar-refractivity contribution is 0.447. The smallest absolute Gasteiger partial charge is 0.150 e. The Hall–Kier alpha value is -1.36. The van der Waals surface area contributed by atoms with Crippen molar-refractivity contribution in [3.63, 3.8) is 0 Å². The zero-order valence-corrected chi connectivity index (χ0v) is 12.3. The number of anilines is 1. The molecular weight excluding hydrogens is 278 g/mol. The van der Waals surface area contributed by atoms with Crippen LogP contribution in [0.1, 0.15) is 5.69 Å². The Morgan fingerprint density at radius 3 is 2.70 bits per heavy atom. The summed E-state index contributed by atoms with van der Waals surface area (Å²) in [5, 5.41) is 1.01. The molecule has 1 saturated heterocycles. The number of hydrogen-bond donors (Lipinski definition) is 0. The van der Waals surface area contributed by atoms with Gasteiger partial charge in [-0.2, -0.15) is 11.8 Å². The molecule has 1 fully saturated rings. The highest BCUT2D eigenvalue weighted by Gasteiger charge is 2.30. The predicted octanol–water partition coefficient (Wildman–Crippen LogP) is 3.62. The first kappa shape index (κ1) is 13.6. The summed E-state index contributed by atoms with van der Waals surface area (Å²) in [5.41, 5.74) is 1.23. The van der Waals surface area contributed by atoms with Crippen molar-refractivity contribution in [2.45, 2.75) is 6.92 Å². The maximum absolute atomic E-state index is 14.2. The van der Waals surface area contributed by atoms with Gasteiger partial charge in [-0.15, -0.1) is 0 Å². The molecule has 0 saturated carbocycles. The molecule has 5 heteroatoms. The van der Waals surface area contributed by atoms with Crippen LogP contribution < -0.4 is 4.90 Å². The van der Waals surface area contributed by atoms with Crippen LogP contribution in [0.2, 0.25) is 0 Å². The molecule has 0 atom stereocenters. The number of fused-ring (bicyclic) bond motifs is 1. The first-order valence-corrected chi connectivity index (χ1v) is 7.97. The molecule has 1 aliphatic rings. The fourth-order valence-electron chi connectivity index (χ4n) is 2.75. The second kappa shape index (κ2) is 5.20. The van der Waals surface area contributed by atoms with Crippen LogP contribution >= 0.6 is 11.8 Å². The van der Waals surface area contributed by atoms with E-state index in [-0.39, 0.29) is 0 Å². The van der Waals surface area contributed by atoms with Gasteiger partial charge in [-0.25, -0.2) is 8.78 Å². The quantitative estimate of drug-likeness (QED) is 0.860. The molecule has 0 aliphatic carbocycles. The lowest BCUT2D eigenvalue weighted by Gasteiger charge is -2.41. The minimum atomic E-state index is -0.520. The molecule has 20 heavy (non-hydrogen) atoms. The summed E-state index contributed by atoms with van der Waals surface area (Å²) in [4.78, 5) is 6.16. The normalized spacial score (nSPS) is 15.7. The highest BCUT2D eigenvalue weighted by atomic mass is 32.2. The zero-order valence-electron chi connectivity index (χ0n) is 11.5. The number of halogens is 2. The Kier molecular flexibility index (Phi) is 3.54. The van der Waals surface area contributed by atoms with E-state index in [1.807, 2.05) is 4.90 Å². The van der Waals surface area contributed by atoms with Crippen molar-refractivity contribution in [2.24, 2.45) is 5.92 Å². The van der Waals surface area contributed by atoms with Crippen LogP contribution in [0, 0.1) is 24.5 Å². The maximum Gasteiger partial charge on any atom is 0.150 e. The Balaban J connectivity index is 2.03. The number of aryl methyl sites for hydroxylation is 1. The van der Waals surface area contributed by atoms with Gasteiger partial charge in [0.2, 0.25) is 0 Å². The van der Waals surface area contributed by atoms with Gasteiger partial charge in [-0.3, -0.25) is 4.98 Å². The minimum absolute atomic E-state index is 0.446. The highest BCUT2D eigenvalue weighted by molar-refractivity contribution is 7.98. The molecule has 3 rings (SSSR count). The zero-order chi connectivity index (χ0) is 14.3. The summed E-state index contributed by atoms with van der Waals surface area (Å²) in [5.74, 6) is 0.647. The van der Waals surface area contributed by atoms with Crippen molar-refractivity contribution in [2.75, 3.05) is 30.0 Å². The summed E-state index contributed by atoms with van der Waals surface area (Å²) < 4.78 is 28.1. The summed E-state index contributed by atoms with van der Waals surface area (Å²) in [6, 6.07) is 2.66. The molecule has 2 heterocycles. The van der Waals surface area contributed by atoms with Crippen molar-refractivity contribution in [3.8, 4) is 0 Å². The molecule has 0 N–H and O–H groups in total. The lowest BCUT2D eigenvalue weighted by Crippen LogP contribution is -2.48. The fourth-order valence-corrected chi connectivity index (χ4v) is 3.43. The van der Waals surface area contributed by atoms with Gasteiger partial charge >= 0.3 is 0 Å². The molecule has 0 unspecified atom stereocenters. The van der Waals surface area contributed by atoms with Gasteiger partial charge in [0.1, 0.15) is 11.6 Å². The lowest BCUT2D eigenvalue weighted by atomic mass is 9.99. The van der Waals surface area contributed by atoms with Crippen LogP contribution in [-0.4, -0.2) is 30.1 Å². The minimum Gasteiger partial charge on any atom is -0.368 e. The largest absolute Gasteiger partial charge is 0.368 e. The molecule has 0 radical (unpaired) electrons. The molecule has 0 amide bonds. The molecule has 1 aromatic heterocycles. The Bertz CT molecular complexity index is 654. The Morgan fingerprint density at radius 1 is 1.25 bits per heavy atom. The van der Waals surface area contributed by atoms with E-state index < -0.39 is 11.6 Å². The summed E-state index contributed by atoms with van der Waals surface area (Å²) >= 11 is 1.80. The van der Waals surface area contributed by atoms with E-state index in [1.165, 1.54) is 0 Å². The van der Waals surface area contributed by atoms with E-state index in [4.69, 9.17) is 0 Å². The van der Waals surface area contributed by atoms with Gasteiger partial charge in [0.05, 0.1) is 5.69 Å². The van der Waals surface area contributed by atoms with Crippen molar-refractivity contribution in [1.29, 1.82) is 0 Å². The monoisotopic (exact) mass is 294 g/mol. The SMILES string of the molecule is CSCC1CN(c2c(F)cc(F)c3cc(C)ncc23)C1. The average molecular weight is 294 g/mol. The van der Waals surface area contributed by atoms with E-state index in [1.54, 1.807) is 30.9 Å². The summed E-state index contributed by atoms with van der Waals surface area (Å²) in [6.07, 6.45) is 3.65. The van der Waals surface area contributed by atoms with Gasteiger partial charge in [0.25, 0.3) is 0 Å². The van der Waals surface area contributed by atoms with Crippen LogP contribution in [0.3, 0.4) is 0 Å². The van der Waals surface area contributed by atoms with Gasteiger partial charge in [0.15, 0.2) is 0 Å². The first-order chi connectivity index (χ1) is 9.60. The van der Waals surface area contributed by atoms with Crippen LogP contribution in [0.15, 0.2) is 18.3 Å². The van der Waals surface area contributed by atoms with E-state index in [9.17, 15) is 8.78 Å². The molecule has 2 nitrogen and oxygen atoms in total. The molecule has 1 aliphatic heterocycles. The third-order valence-corrected chi connectivity index (χ3v) is 4.51. The predicted molar refractivity (Wildman–Crippen MR) is 80.5 cm³/mol. The number of thioether (sulfide) groups is 1. The third kappa shape index (κ3) is 2.24. The second-order valence-corrected chi connectivity index (χ2v) is 6.20. The molecular formula is C15H16F2N2S. The Labute approximate surface area is 121 Å². The molecule has 106 valence electrons. The van der Waals surface area contributed by atoms with E-state index in [2.05, 4.69) is 11.2 Å². The van der Waals surface area contributed by atoms with E-state index in [0.717, 1.165) is 30.6 Å². The first-order valence-electron chi connectivity index (χ1n) is 6.58. The van der Waals surface area contributed by atoms with Crippen LogP contribution in [0.25, 0.3) is 10.8 Å². The fraction of sp³-hybridized carbons (Fsp3) is 0.400. The van der Waals surface area contributed by atoms with Gasteiger partial charge in [-0.1, -0.05) is 0 Å². The van der Waals surface area contributed by atoms with Gasteiger partial charge < -0.3 is 4.90 Å². The van der Waals surface area contributed by atoms with E-state index >= 15 is 0 Å². The Morgan fingerprint density at radius 2 is 2.00 bits per heavy atom. The average Bonchev–Trinajstić information content (AvgIpc) is 2.36.